The molecule has 2 aromatic rings. The van der Waals surface area contributed by atoms with E-state index in [1.807, 2.05) is 0 Å². The van der Waals surface area contributed by atoms with Crippen LogP contribution >= 0.6 is 0 Å². The van der Waals surface area contributed by atoms with Gasteiger partial charge in [0.2, 0.25) is 0 Å². The minimum Gasteiger partial charge on any atom is -0.493 e. The van der Waals surface area contributed by atoms with Crippen molar-refractivity contribution in [2.75, 3.05) is 13.7 Å². The van der Waals surface area contributed by atoms with Gasteiger partial charge in [-0.25, -0.2) is 4.79 Å². The second-order valence-electron chi connectivity index (χ2n) is 5.49. The highest BCUT2D eigenvalue weighted by atomic mass is 16.5. The Kier molecular flexibility index (Phi) is 4.00. The molecule has 6 heteroatoms. The van der Waals surface area contributed by atoms with Crippen LogP contribution in [-0.4, -0.2) is 29.5 Å². The first kappa shape index (κ1) is 14.4. The van der Waals surface area contributed by atoms with Gasteiger partial charge in [0.15, 0.2) is 17.3 Å². The monoisotopic (exact) mass is 302 g/mol. The predicted octanol–water partition coefficient (Wildman–Crippen LogP) is 1.93. The molecule has 0 amide bonds. The number of aromatic amines is 2. The number of hydrogen-bond acceptors (Lipinski definition) is 4. The molecule has 116 valence electrons. The number of hydrogen-bond donors (Lipinski definition) is 2. The molecule has 0 aliphatic heterocycles. The third-order valence-corrected chi connectivity index (χ3v) is 3.66. The number of ketones is 1. The summed E-state index contributed by atoms with van der Waals surface area (Å²) in [5.41, 5.74) is 0.783. The van der Waals surface area contributed by atoms with E-state index in [2.05, 4.69) is 9.97 Å². The van der Waals surface area contributed by atoms with Crippen LogP contribution in [0.15, 0.2) is 29.2 Å². The summed E-state index contributed by atoms with van der Waals surface area (Å²) in [5.74, 6) is 1.73. The number of aromatic nitrogens is 2. The Hall–Kier alpha value is -2.50. The summed E-state index contributed by atoms with van der Waals surface area (Å²) in [6, 6.07) is 5.14. The Balaban J connectivity index is 1.75. The van der Waals surface area contributed by atoms with Gasteiger partial charge in [-0.05, 0) is 37.0 Å². The van der Waals surface area contributed by atoms with E-state index in [0.29, 0.717) is 35.3 Å². The van der Waals surface area contributed by atoms with Gasteiger partial charge in [-0.15, -0.1) is 0 Å². The summed E-state index contributed by atoms with van der Waals surface area (Å²) in [5, 5.41) is 0. The van der Waals surface area contributed by atoms with E-state index < -0.39 is 0 Å². The second kappa shape index (κ2) is 6.09. The Bertz CT molecular complexity index is 728. The molecular formula is C16H18N2O4. The number of rotatable bonds is 7. The normalized spacial score (nSPS) is 13.9. The maximum absolute atomic E-state index is 12.3. The van der Waals surface area contributed by atoms with E-state index >= 15 is 0 Å². The van der Waals surface area contributed by atoms with E-state index in [4.69, 9.17) is 9.47 Å². The van der Waals surface area contributed by atoms with Crippen LogP contribution in [0.4, 0.5) is 0 Å². The smallest absolute Gasteiger partial charge is 0.323 e. The first-order valence-electron chi connectivity index (χ1n) is 7.26. The standard InChI is InChI=1S/C16H18N2O4/c1-21-14-5-4-11(6-15(14)22-9-10-2-3-10)13(19)7-12-8-17-16(20)18-12/h4-6,8,10H,2-3,7,9H2,1H3,(H2,17,18,20). The molecule has 3 rings (SSSR count). The van der Waals surface area contributed by atoms with Gasteiger partial charge < -0.3 is 19.4 Å². The van der Waals surface area contributed by atoms with Crippen LogP contribution in [0.5, 0.6) is 11.5 Å². The van der Waals surface area contributed by atoms with Crippen molar-refractivity contribution in [3.8, 4) is 11.5 Å². The number of benzene rings is 1. The van der Waals surface area contributed by atoms with Crippen LogP contribution in [0.3, 0.4) is 0 Å². The number of carbonyl (C=O) groups is 1. The molecule has 0 saturated heterocycles. The molecule has 6 nitrogen and oxygen atoms in total. The van der Waals surface area contributed by atoms with E-state index in [-0.39, 0.29) is 17.9 Å². The quantitative estimate of drug-likeness (QED) is 0.765. The summed E-state index contributed by atoms with van der Waals surface area (Å²) in [4.78, 5) is 28.4. The third kappa shape index (κ3) is 3.39. The molecule has 1 fully saturated rings. The molecule has 0 bridgehead atoms. The topological polar surface area (TPSA) is 84.2 Å². The summed E-state index contributed by atoms with van der Waals surface area (Å²) >= 11 is 0. The highest BCUT2D eigenvalue weighted by Gasteiger charge is 2.23. The lowest BCUT2D eigenvalue weighted by atomic mass is 10.1. The molecule has 1 aliphatic carbocycles. The van der Waals surface area contributed by atoms with E-state index in [1.165, 1.54) is 19.0 Å². The van der Waals surface area contributed by atoms with Crippen molar-refractivity contribution in [2.45, 2.75) is 19.3 Å². The number of ether oxygens (including phenoxy) is 2. The van der Waals surface area contributed by atoms with Gasteiger partial charge in [-0.3, -0.25) is 4.79 Å². The average molecular weight is 302 g/mol. The minimum atomic E-state index is -0.314. The van der Waals surface area contributed by atoms with Crippen LogP contribution in [0.1, 0.15) is 28.9 Å². The summed E-state index contributed by atoms with van der Waals surface area (Å²) in [6.45, 7) is 0.652. The fourth-order valence-electron chi connectivity index (χ4n) is 2.20. The van der Waals surface area contributed by atoms with Crippen molar-refractivity contribution >= 4 is 5.78 Å². The lowest BCUT2D eigenvalue weighted by Crippen LogP contribution is -2.08. The van der Waals surface area contributed by atoms with Crippen LogP contribution in [0.2, 0.25) is 0 Å². The molecule has 1 heterocycles. The number of Topliss-reactive ketones (excluding diaryl/α,β-unsaturated/α-hetero) is 1. The van der Waals surface area contributed by atoms with Gasteiger partial charge in [0.25, 0.3) is 0 Å². The summed E-state index contributed by atoms with van der Waals surface area (Å²) < 4.78 is 11.0. The fraction of sp³-hybridized carbons (Fsp3) is 0.375. The largest absolute Gasteiger partial charge is 0.493 e. The Labute approximate surface area is 127 Å². The average Bonchev–Trinajstić information content (AvgIpc) is 3.26. The van der Waals surface area contributed by atoms with Gasteiger partial charge in [0, 0.05) is 17.5 Å². The SMILES string of the molecule is COc1ccc(C(=O)Cc2c[nH]c(=O)[nH]2)cc1OCC1CC1. The van der Waals surface area contributed by atoms with Crippen molar-refractivity contribution in [1.82, 2.24) is 9.97 Å². The number of imidazole rings is 1. The molecule has 1 aromatic heterocycles. The summed E-state index contributed by atoms with van der Waals surface area (Å²) in [7, 11) is 1.57. The van der Waals surface area contributed by atoms with Crippen molar-refractivity contribution in [2.24, 2.45) is 5.92 Å². The van der Waals surface area contributed by atoms with Gasteiger partial charge >= 0.3 is 5.69 Å². The highest BCUT2D eigenvalue weighted by molar-refractivity contribution is 5.97. The third-order valence-electron chi connectivity index (χ3n) is 3.66. The van der Waals surface area contributed by atoms with Crippen molar-refractivity contribution in [1.29, 1.82) is 0 Å². The van der Waals surface area contributed by atoms with Crippen LogP contribution in [0, 0.1) is 5.92 Å². The van der Waals surface area contributed by atoms with Crippen molar-refractivity contribution < 1.29 is 14.3 Å². The molecule has 1 aromatic carbocycles. The fourth-order valence-corrected chi connectivity index (χ4v) is 2.20. The molecule has 1 saturated carbocycles. The van der Waals surface area contributed by atoms with E-state index in [9.17, 15) is 9.59 Å². The van der Waals surface area contributed by atoms with Crippen molar-refractivity contribution in [3.63, 3.8) is 0 Å². The number of H-pyrrole nitrogens is 2. The molecule has 0 atom stereocenters. The number of nitrogens with one attached hydrogen (secondary N) is 2. The zero-order chi connectivity index (χ0) is 15.5. The first-order chi connectivity index (χ1) is 10.7. The first-order valence-corrected chi connectivity index (χ1v) is 7.26. The molecule has 22 heavy (non-hydrogen) atoms. The van der Waals surface area contributed by atoms with Crippen molar-refractivity contribution in [3.05, 3.63) is 46.1 Å². The molecule has 0 spiro atoms. The zero-order valence-electron chi connectivity index (χ0n) is 12.3. The Morgan fingerprint density at radius 3 is 2.77 bits per heavy atom. The maximum atomic E-state index is 12.3. The van der Waals surface area contributed by atoms with Crippen LogP contribution < -0.4 is 15.2 Å². The predicted molar refractivity (Wildman–Crippen MR) is 80.7 cm³/mol. The van der Waals surface area contributed by atoms with Gasteiger partial charge in [0.1, 0.15) is 0 Å². The van der Waals surface area contributed by atoms with E-state index in [1.54, 1.807) is 25.3 Å². The number of carbonyl (C=O) groups excluding carboxylic acids is 1. The Morgan fingerprint density at radius 1 is 1.32 bits per heavy atom. The highest BCUT2D eigenvalue weighted by Crippen LogP contribution is 2.33. The Morgan fingerprint density at radius 2 is 2.14 bits per heavy atom. The molecular weight excluding hydrogens is 284 g/mol. The minimum absolute atomic E-state index is 0.0887. The lowest BCUT2D eigenvalue weighted by Gasteiger charge is -2.11. The van der Waals surface area contributed by atoms with Gasteiger partial charge in [-0.1, -0.05) is 0 Å². The second-order valence-corrected chi connectivity index (χ2v) is 5.49. The lowest BCUT2D eigenvalue weighted by molar-refractivity contribution is 0.0991. The van der Waals surface area contributed by atoms with Gasteiger partial charge in [-0.2, -0.15) is 0 Å². The zero-order valence-corrected chi connectivity index (χ0v) is 12.3. The molecule has 0 unspecified atom stereocenters. The molecule has 0 radical (unpaired) electrons. The van der Waals surface area contributed by atoms with Crippen LogP contribution in [0.25, 0.3) is 0 Å². The molecule has 1 aliphatic rings. The van der Waals surface area contributed by atoms with Crippen LogP contribution in [-0.2, 0) is 6.42 Å². The number of methoxy groups -OCH3 is 1. The van der Waals surface area contributed by atoms with Gasteiger partial charge in [0.05, 0.1) is 20.1 Å². The summed E-state index contributed by atoms with van der Waals surface area (Å²) in [6.07, 6.45) is 4.03. The maximum Gasteiger partial charge on any atom is 0.323 e. The van der Waals surface area contributed by atoms with E-state index in [0.717, 1.165) is 0 Å². The molecule has 2 N–H and O–H groups in total.